The van der Waals surface area contributed by atoms with Crippen LogP contribution < -0.4 is 5.32 Å². The summed E-state index contributed by atoms with van der Waals surface area (Å²) in [5.41, 5.74) is 1.20. The van der Waals surface area contributed by atoms with Gasteiger partial charge in [-0.15, -0.1) is 0 Å². The van der Waals surface area contributed by atoms with Crippen molar-refractivity contribution in [2.75, 3.05) is 19.7 Å². The summed E-state index contributed by atoms with van der Waals surface area (Å²) in [7, 11) is 0. The zero-order valence-corrected chi connectivity index (χ0v) is 13.1. The van der Waals surface area contributed by atoms with Crippen LogP contribution in [0.3, 0.4) is 0 Å². The van der Waals surface area contributed by atoms with E-state index in [1.807, 2.05) is 30.3 Å². The number of piperidine rings is 1. The minimum absolute atomic E-state index is 0.185. The van der Waals surface area contributed by atoms with Crippen LogP contribution in [-0.2, 0) is 11.3 Å². The van der Waals surface area contributed by atoms with Crippen LogP contribution in [0.15, 0.2) is 34.7 Å². The lowest BCUT2D eigenvalue weighted by Gasteiger charge is -2.19. The van der Waals surface area contributed by atoms with E-state index in [1.165, 1.54) is 0 Å². The number of hydrogen-bond donors (Lipinski definition) is 1. The lowest BCUT2D eigenvalue weighted by Crippen LogP contribution is -2.26. The predicted octanol–water partition coefficient (Wildman–Crippen LogP) is 3.89. The fourth-order valence-electron chi connectivity index (χ4n) is 2.79. The minimum Gasteiger partial charge on any atom is -0.440 e. The second-order valence-corrected chi connectivity index (χ2v) is 5.83. The first-order chi connectivity index (χ1) is 11.5. The average Bonchev–Trinajstić information content (AvgIpc) is 2.99. The summed E-state index contributed by atoms with van der Waals surface area (Å²) in [6, 6.07) is 9.26. The van der Waals surface area contributed by atoms with Gasteiger partial charge in [-0.3, -0.25) is 0 Å². The van der Waals surface area contributed by atoms with E-state index in [0.717, 1.165) is 31.5 Å². The molecule has 1 aliphatic rings. The van der Waals surface area contributed by atoms with Gasteiger partial charge in [0, 0.05) is 11.5 Å². The maximum absolute atomic E-state index is 12.3. The van der Waals surface area contributed by atoms with Crippen molar-refractivity contribution >= 4 is 0 Å². The number of hydrogen-bond acceptors (Lipinski definition) is 4. The van der Waals surface area contributed by atoms with Gasteiger partial charge in [0.1, 0.15) is 12.3 Å². The van der Waals surface area contributed by atoms with Crippen LogP contribution >= 0.6 is 0 Å². The summed E-state index contributed by atoms with van der Waals surface area (Å²) in [5.74, 6) is 1.26. The number of alkyl halides is 3. The summed E-state index contributed by atoms with van der Waals surface area (Å²) in [6.07, 6.45) is -2.55. The largest absolute Gasteiger partial charge is 0.440 e. The third-order valence-corrected chi connectivity index (χ3v) is 3.94. The monoisotopic (exact) mass is 340 g/mol. The Bertz CT molecular complexity index is 650. The van der Waals surface area contributed by atoms with Crippen molar-refractivity contribution in [3.8, 4) is 11.3 Å². The molecule has 130 valence electrons. The number of benzene rings is 1. The average molecular weight is 340 g/mol. The van der Waals surface area contributed by atoms with E-state index < -0.39 is 12.8 Å². The molecule has 2 heterocycles. The highest BCUT2D eigenvalue weighted by Crippen LogP contribution is 2.32. The van der Waals surface area contributed by atoms with Crippen LogP contribution in [0, 0.1) is 0 Å². The molecular weight excluding hydrogens is 321 g/mol. The summed E-state index contributed by atoms with van der Waals surface area (Å²) in [4.78, 5) is 4.44. The molecule has 7 heteroatoms. The topological polar surface area (TPSA) is 47.3 Å². The molecule has 0 bridgehead atoms. The molecule has 1 aliphatic heterocycles. The standard InChI is InChI=1S/C17H19F3N2O2/c18-17(19,20)11-23-10-14-15(12-4-2-1-3-5-12)24-16(22-14)13-6-8-21-9-7-13/h1-5,13,21H,6-11H2. The second-order valence-electron chi connectivity index (χ2n) is 5.83. The van der Waals surface area contributed by atoms with Crippen LogP contribution in [-0.4, -0.2) is 30.9 Å². The van der Waals surface area contributed by atoms with Gasteiger partial charge in [0.2, 0.25) is 0 Å². The molecule has 3 rings (SSSR count). The summed E-state index contributed by atoms with van der Waals surface area (Å²) >= 11 is 0. The van der Waals surface area contributed by atoms with Crippen LogP contribution in [0.2, 0.25) is 0 Å². The highest BCUT2D eigenvalue weighted by Gasteiger charge is 2.29. The van der Waals surface area contributed by atoms with Gasteiger partial charge in [0.15, 0.2) is 11.7 Å². The highest BCUT2D eigenvalue weighted by atomic mass is 19.4. The number of halogens is 3. The van der Waals surface area contributed by atoms with E-state index in [1.54, 1.807) is 0 Å². The third-order valence-electron chi connectivity index (χ3n) is 3.94. The maximum atomic E-state index is 12.3. The van der Waals surface area contributed by atoms with E-state index in [4.69, 9.17) is 9.15 Å². The zero-order chi connectivity index (χ0) is 17.0. The second kappa shape index (κ2) is 7.36. The van der Waals surface area contributed by atoms with Gasteiger partial charge in [-0.25, -0.2) is 4.98 Å². The number of rotatable bonds is 5. The molecule has 0 unspecified atom stereocenters. The number of oxazole rings is 1. The zero-order valence-electron chi connectivity index (χ0n) is 13.1. The number of ether oxygens (including phenoxy) is 1. The lowest BCUT2D eigenvalue weighted by atomic mass is 9.98. The Balaban J connectivity index is 1.82. The SMILES string of the molecule is FC(F)(F)COCc1nc(C2CCNCC2)oc1-c1ccccc1. The molecule has 2 aromatic rings. The molecule has 1 fully saturated rings. The van der Waals surface area contributed by atoms with Crippen LogP contribution in [0.25, 0.3) is 11.3 Å². The quantitative estimate of drug-likeness (QED) is 0.897. The van der Waals surface area contributed by atoms with E-state index in [0.29, 0.717) is 17.3 Å². The van der Waals surface area contributed by atoms with Crippen LogP contribution in [0.1, 0.15) is 30.3 Å². The minimum atomic E-state index is -4.35. The Morgan fingerprint density at radius 1 is 1.17 bits per heavy atom. The first kappa shape index (κ1) is 17.0. The number of nitrogens with one attached hydrogen (secondary N) is 1. The molecule has 0 spiro atoms. The van der Waals surface area contributed by atoms with Gasteiger partial charge < -0.3 is 14.5 Å². The number of aromatic nitrogens is 1. The van der Waals surface area contributed by atoms with Crippen molar-refractivity contribution in [2.45, 2.75) is 31.5 Å². The Hall–Kier alpha value is -1.86. The highest BCUT2D eigenvalue weighted by molar-refractivity contribution is 5.59. The van der Waals surface area contributed by atoms with Crippen molar-refractivity contribution < 1.29 is 22.3 Å². The molecule has 0 saturated carbocycles. The van der Waals surface area contributed by atoms with E-state index >= 15 is 0 Å². The van der Waals surface area contributed by atoms with Crippen molar-refractivity contribution in [1.29, 1.82) is 0 Å². The van der Waals surface area contributed by atoms with Gasteiger partial charge in [-0.05, 0) is 25.9 Å². The Kier molecular flexibility index (Phi) is 5.20. The molecule has 1 N–H and O–H groups in total. The third kappa shape index (κ3) is 4.36. The van der Waals surface area contributed by atoms with E-state index in [9.17, 15) is 13.2 Å². The lowest BCUT2D eigenvalue weighted by molar-refractivity contribution is -0.176. The van der Waals surface area contributed by atoms with Gasteiger partial charge in [0.25, 0.3) is 0 Å². The van der Waals surface area contributed by atoms with Crippen LogP contribution in [0.4, 0.5) is 13.2 Å². The Morgan fingerprint density at radius 2 is 1.88 bits per heavy atom. The summed E-state index contributed by atoms with van der Waals surface area (Å²) < 4.78 is 47.6. The molecular formula is C17H19F3N2O2. The first-order valence-electron chi connectivity index (χ1n) is 7.93. The maximum Gasteiger partial charge on any atom is 0.411 e. The smallest absolute Gasteiger partial charge is 0.411 e. The van der Waals surface area contributed by atoms with Crippen molar-refractivity contribution in [3.63, 3.8) is 0 Å². The van der Waals surface area contributed by atoms with Gasteiger partial charge >= 0.3 is 6.18 Å². The summed E-state index contributed by atoms with van der Waals surface area (Å²) in [6.45, 7) is 0.246. The fraction of sp³-hybridized carbons (Fsp3) is 0.471. The molecule has 4 nitrogen and oxygen atoms in total. The molecule has 0 amide bonds. The van der Waals surface area contributed by atoms with Crippen molar-refractivity contribution in [1.82, 2.24) is 10.3 Å². The molecule has 1 saturated heterocycles. The Morgan fingerprint density at radius 3 is 2.54 bits per heavy atom. The van der Waals surface area contributed by atoms with Gasteiger partial charge in [-0.2, -0.15) is 13.2 Å². The molecule has 0 aliphatic carbocycles. The molecule has 24 heavy (non-hydrogen) atoms. The summed E-state index contributed by atoms with van der Waals surface area (Å²) in [5, 5.41) is 3.27. The Labute approximate surface area is 138 Å². The van der Waals surface area contributed by atoms with E-state index in [-0.39, 0.29) is 12.5 Å². The molecule has 1 aromatic carbocycles. The van der Waals surface area contributed by atoms with Gasteiger partial charge in [-0.1, -0.05) is 30.3 Å². The molecule has 1 aromatic heterocycles. The predicted molar refractivity (Wildman–Crippen MR) is 82.5 cm³/mol. The van der Waals surface area contributed by atoms with Crippen LogP contribution in [0.5, 0.6) is 0 Å². The van der Waals surface area contributed by atoms with Crippen molar-refractivity contribution in [3.05, 3.63) is 41.9 Å². The normalized spacial score (nSPS) is 16.5. The van der Waals surface area contributed by atoms with Crippen molar-refractivity contribution in [2.24, 2.45) is 0 Å². The van der Waals surface area contributed by atoms with E-state index in [2.05, 4.69) is 10.3 Å². The number of nitrogens with zero attached hydrogens (tertiary/aromatic N) is 1. The first-order valence-corrected chi connectivity index (χ1v) is 7.93. The fourth-order valence-corrected chi connectivity index (χ4v) is 2.79. The molecule has 0 radical (unpaired) electrons. The van der Waals surface area contributed by atoms with Gasteiger partial charge in [0.05, 0.1) is 6.61 Å². The molecule has 0 atom stereocenters.